The Labute approximate surface area is 88.1 Å². The predicted molar refractivity (Wildman–Crippen MR) is 54.3 cm³/mol. The quantitative estimate of drug-likeness (QED) is 0.443. The molecule has 1 rings (SSSR count). The van der Waals surface area contributed by atoms with Crippen molar-refractivity contribution in [1.82, 2.24) is 5.32 Å². The molecule has 0 fully saturated rings. The van der Waals surface area contributed by atoms with Gasteiger partial charge in [-0.25, -0.2) is 4.79 Å². The van der Waals surface area contributed by atoms with Crippen LogP contribution in [0.2, 0.25) is 0 Å². The Morgan fingerprint density at radius 2 is 2.29 bits per heavy atom. The second-order valence-corrected chi connectivity index (χ2v) is 3.36. The number of rotatable bonds is 2. The number of dihydropyridines is 1. The van der Waals surface area contributed by atoms with E-state index in [9.17, 15) is 9.90 Å². The molecule has 14 heavy (non-hydrogen) atoms. The average Bonchev–Trinajstić information content (AvgIpc) is 2.09. The fourth-order valence-corrected chi connectivity index (χ4v) is 1.25. The Balaban J connectivity index is 3.18. The van der Waals surface area contributed by atoms with Crippen molar-refractivity contribution in [3.05, 3.63) is 33.8 Å². The van der Waals surface area contributed by atoms with Crippen molar-refractivity contribution < 1.29 is 15.0 Å². The number of carboxylic acid groups (broad SMARTS) is 1. The second kappa shape index (κ2) is 4.10. The smallest absolute Gasteiger partial charge is 0.339 e. The zero-order valence-corrected chi connectivity index (χ0v) is 8.50. The number of halogens is 1. The molecular weight excluding hydrogens is 252 g/mol. The molecule has 1 aliphatic heterocycles. The lowest BCUT2D eigenvalue weighted by atomic mass is 10.1. The van der Waals surface area contributed by atoms with Crippen molar-refractivity contribution in [2.24, 2.45) is 0 Å². The summed E-state index contributed by atoms with van der Waals surface area (Å²) in [5, 5.41) is 27.5. The number of allylic oxidation sites excluding steroid dienone is 2. The molecule has 1 aliphatic rings. The molecule has 0 amide bonds. The van der Waals surface area contributed by atoms with E-state index in [1.165, 1.54) is 12.3 Å². The van der Waals surface area contributed by atoms with E-state index < -0.39 is 5.97 Å². The second-order valence-electron chi connectivity index (χ2n) is 2.44. The highest BCUT2D eigenvalue weighted by Crippen LogP contribution is 2.19. The normalized spacial score (nSPS) is 18.9. The molecule has 0 radical (unpaired) electrons. The van der Waals surface area contributed by atoms with Gasteiger partial charge in [0.25, 0.3) is 0 Å². The first-order valence-corrected chi connectivity index (χ1v) is 4.37. The number of carboxylic acids is 1. The third-order valence-electron chi connectivity index (χ3n) is 1.53. The number of aliphatic hydroxyl groups excluding tert-OH is 1. The van der Waals surface area contributed by atoms with Gasteiger partial charge in [-0.2, -0.15) is 0 Å². The Bertz CT molecular complexity index is 382. The molecule has 0 aromatic heterocycles. The van der Waals surface area contributed by atoms with Crippen molar-refractivity contribution in [3.8, 4) is 0 Å². The maximum Gasteiger partial charge on any atom is 0.339 e. The van der Waals surface area contributed by atoms with Crippen molar-refractivity contribution >= 4 is 28.1 Å². The summed E-state index contributed by atoms with van der Waals surface area (Å²) in [5.74, 6) is -1.49. The van der Waals surface area contributed by atoms with E-state index in [-0.39, 0.29) is 17.0 Å². The van der Waals surface area contributed by atoms with Crippen molar-refractivity contribution in [2.75, 3.05) is 0 Å². The topological polar surface area (TPSA) is 93.4 Å². The van der Waals surface area contributed by atoms with Crippen LogP contribution >= 0.6 is 15.9 Å². The van der Waals surface area contributed by atoms with E-state index in [4.69, 9.17) is 10.5 Å². The maximum atomic E-state index is 10.6. The highest BCUT2D eigenvalue weighted by Gasteiger charge is 2.17. The Hall–Kier alpha value is -1.56. The molecule has 5 nitrogen and oxygen atoms in total. The first-order chi connectivity index (χ1) is 6.56. The van der Waals surface area contributed by atoms with Crippen LogP contribution < -0.4 is 5.32 Å². The zero-order valence-electron chi connectivity index (χ0n) is 6.91. The van der Waals surface area contributed by atoms with Gasteiger partial charge in [-0.15, -0.1) is 0 Å². The highest BCUT2D eigenvalue weighted by molar-refractivity contribution is 9.11. The first kappa shape index (κ1) is 10.5. The largest absolute Gasteiger partial charge is 0.506 e. The van der Waals surface area contributed by atoms with Gasteiger partial charge < -0.3 is 20.9 Å². The fraction of sp³-hybridized carbons (Fsp3) is 0. The van der Waals surface area contributed by atoms with Gasteiger partial charge in [0.05, 0.1) is 5.70 Å². The van der Waals surface area contributed by atoms with Crippen LogP contribution in [0.1, 0.15) is 0 Å². The third-order valence-corrected chi connectivity index (χ3v) is 1.99. The summed E-state index contributed by atoms with van der Waals surface area (Å²) in [5.41, 5.74) is -0.286. The Morgan fingerprint density at radius 3 is 2.71 bits per heavy atom. The van der Waals surface area contributed by atoms with Crippen LogP contribution in [0.3, 0.4) is 0 Å². The van der Waals surface area contributed by atoms with E-state index in [2.05, 4.69) is 21.2 Å². The molecule has 4 N–H and O–H groups in total. The van der Waals surface area contributed by atoms with Gasteiger partial charge >= 0.3 is 5.97 Å². The number of hydrogen-bond acceptors (Lipinski definition) is 4. The fourth-order valence-electron chi connectivity index (χ4n) is 0.916. The lowest BCUT2D eigenvalue weighted by Crippen LogP contribution is -2.18. The molecular formula is C8H7BrN2O3. The minimum Gasteiger partial charge on any atom is -0.506 e. The monoisotopic (exact) mass is 258 g/mol. The zero-order chi connectivity index (χ0) is 10.7. The Kier molecular flexibility index (Phi) is 3.08. The van der Waals surface area contributed by atoms with Crippen LogP contribution in [0.5, 0.6) is 0 Å². The van der Waals surface area contributed by atoms with Gasteiger partial charge in [0.2, 0.25) is 0 Å². The molecule has 0 aromatic rings. The van der Waals surface area contributed by atoms with E-state index in [1.807, 2.05) is 0 Å². The van der Waals surface area contributed by atoms with E-state index in [1.54, 1.807) is 0 Å². The molecule has 0 bridgehead atoms. The molecule has 0 saturated carbocycles. The summed E-state index contributed by atoms with van der Waals surface area (Å²) >= 11 is 3.10. The summed E-state index contributed by atoms with van der Waals surface area (Å²) in [6.07, 6.45) is 3.49. The van der Waals surface area contributed by atoms with Crippen molar-refractivity contribution in [2.45, 2.75) is 0 Å². The summed E-state index contributed by atoms with van der Waals surface area (Å²) in [7, 11) is 0. The van der Waals surface area contributed by atoms with Crippen LogP contribution in [0.4, 0.5) is 0 Å². The minimum absolute atomic E-state index is 0.00991. The number of aliphatic carboxylic acids is 1. The minimum atomic E-state index is -1.27. The molecule has 0 atom stereocenters. The summed E-state index contributed by atoms with van der Waals surface area (Å²) in [4.78, 5) is 10.6. The standard InChI is InChI=1S/C8H7BrN2O3/c9-4-1-6(12)7(11-3-4)5(2-10)8(13)14/h1-3,10-12H,(H,13,14)/b7-5+,10-2?. The molecule has 74 valence electrons. The van der Waals surface area contributed by atoms with Crippen molar-refractivity contribution in [1.29, 1.82) is 5.41 Å². The predicted octanol–water partition coefficient (Wildman–Crippen LogP) is 1.26. The van der Waals surface area contributed by atoms with Crippen LogP contribution in [-0.4, -0.2) is 22.4 Å². The van der Waals surface area contributed by atoms with Gasteiger partial charge in [0.1, 0.15) is 11.3 Å². The molecule has 6 heteroatoms. The van der Waals surface area contributed by atoms with Gasteiger partial charge in [-0.05, 0) is 22.0 Å². The summed E-state index contributed by atoms with van der Waals surface area (Å²) in [6, 6.07) is 0. The van der Waals surface area contributed by atoms with Crippen LogP contribution in [0, 0.1) is 5.41 Å². The number of nitrogens with one attached hydrogen (secondary N) is 2. The van der Waals surface area contributed by atoms with Crippen LogP contribution in [-0.2, 0) is 4.79 Å². The van der Waals surface area contributed by atoms with Gasteiger partial charge in [0.15, 0.2) is 0 Å². The number of carbonyl (C=O) groups is 1. The Morgan fingerprint density at radius 1 is 1.64 bits per heavy atom. The molecule has 1 heterocycles. The lowest BCUT2D eigenvalue weighted by molar-refractivity contribution is -0.132. The van der Waals surface area contributed by atoms with Crippen molar-refractivity contribution in [3.63, 3.8) is 0 Å². The molecule has 0 unspecified atom stereocenters. The van der Waals surface area contributed by atoms with E-state index in [0.29, 0.717) is 10.7 Å². The molecule has 0 saturated heterocycles. The van der Waals surface area contributed by atoms with Gasteiger partial charge in [0, 0.05) is 16.9 Å². The third kappa shape index (κ3) is 2.02. The number of hydrogen-bond donors (Lipinski definition) is 4. The van der Waals surface area contributed by atoms with Crippen LogP contribution in [0.15, 0.2) is 33.8 Å². The van der Waals surface area contributed by atoms with E-state index >= 15 is 0 Å². The highest BCUT2D eigenvalue weighted by atomic mass is 79.9. The lowest BCUT2D eigenvalue weighted by Gasteiger charge is -2.13. The molecule has 0 spiro atoms. The molecule has 0 aliphatic carbocycles. The number of aliphatic hydroxyl groups is 1. The SMILES string of the molecule is N=C/C(C(=O)O)=C1\NC=C(Br)C=C1O. The molecule has 0 aromatic carbocycles. The first-order valence-electron chi connectivity index (χ1n) is 3.57. The van der Waals surface area contributed by atoms with Gasteiger partial charge in [-0.1, -0.05) is 0 Å². The van der Waals surface area contributed by atoms with Crippen LogP contribution in [0.25, 0.3) is 0 Å². The van der Waals surface area contributed by atoms with E-state index in [0.717, 1.165) is 0 Å². The summed E-state index contributed by atoms with van der Waals surface area (Å²) < 4.78 is 0.591. The summed E-state index contributed by atoms with van der Waals surface area (Å²) in [6.45, 7) is 0. The average molecular weight is 259 g/mol. The van der Waals surface area contributed by atoms with Gasteiger partial charge in [-0.3, -0.25) is 0 Å². The maximum absolute atomic E-state index is 10.6.